The number of hydrogen-bond donors (Lipinski definition) is 1. The Labute approximate surface area is 145 Å². The van der Waals surface area contributed by atoms with Gasteiger partial charge in [0, 0.05) is 26.1 Å². The molecule has 136 valence electrons. The van der Waals surface area contributed by atoms with Gasteiger partial charge in [-0.3, -0.25) is 4.79 Å². The van der Waals surface area contributed by atoms with Gasteiger partial charge in [0.2, 0.25) is 15.9 Å². The summed E-state index contributed by atoms with van der Waals surface area (Å²) in [5, 5.41) is 0. The largest absolute Gasteiger partial charge is 0.494 e. The number of sulfonamides is 1. The van der Waals surface area contributed by atoms with Crippen LogP contribution in [0.1, 0.15) is 40.0 Å². The molecule has 0 atom stereocenters. The van der Waals surface area contributed by atoms with Gasteiger partial charge in [0.1, 0.15) is 5.75 Å². The molecule has 1 aromatic carbocycles. The molecule has 0 bridgehead atoms. The van der Waals surface area contributed by atoms with Crippen molar-refractivity contribution >= 4 is 15.9 Å². The molecule has 24 heavy (non-hydrogen) atoms. The standard InChI is InChI=1S/C17H28N2O4S/c1-4-7-14-19(5-2)17(20)12-13-18-24(21,22)16-10-8-15(9-11-16)23-6-3/h8-11,18H,4-7,12-14H2,1-3H3. The Morgan fingerprint density at radius 2 is 1.83 bits per heavy atom. The van der Waals surface area contributed by atoms with Crippen molar-refractivity contribution in [3.63, 3.8) is 0 Å². The highest BCUT2D eigenvalue weighted by molar-refractivity contribution is 7.89. The van der Waals surface area contributed by atoms with Crippen molar-refractivity contribution in [2.24, 2.45) is 0 Å². The molecule has 0 aliphatic carbocycles. The average molecular weight is 356 g/mol. The second-order valence-electron chi connectivity index (χ2n) is 5.38. The molecule has 0 aliphatic heterocycles. The molecule has 1 N–H and O–H groups in total. The maximum absolute atomic E-state index is 12.2. The van der Waals surface area contributed by atoms with Gasteiger partial charge in [-0.15, -0.1) is 0 Å². The van der Waals surface area contributed by atoms with Gasteiger partial charge in [0.25, 0.3) is 0 Å². The minimum Gasteiger partial charge on any atom is -0.494 e. The summed E-state index contributed by atoms with van der Waals surface area (Å²) >= 11 is 0. The molecule has 0 unspecified atom stereocenters. The van der Waals surface area contributed by atoms with Crippen LogP contribution in [0.15, 0.2) is 29.2 Å². The number of nitrogens with one attached hydrogen (secondary N) is 1. The first-order chi connectivity index (χ1) is 11.4. The van der Waals surface area contributed by atoms with Crippen LogP contribution < -0.4 is 9.46 Å². The maximum atomic E-state index is 12.2. The summed E-state index contributed by atoms with van der Waals surface area (Å²) in [4.78, 5) is 14.0. The van der Waals surface area contributed by atoms with Gasteiger partial charge >= 0.3 is 0 Å². The smallest absolute Gasteiger partial charge is 0.240 e. The van der Waals surface area contributed by atoms with E-state index in [1.54, 1.807) is 17.0 Å². The number of unbranched alkanes of at least 4 members (excludes halogenated alkanes) is 1. The van der Waals surface area contributed by atoms with Crippen LogP contribution >= 0.6 is 0 Å². The fourth-order valence-corrected chi connectivity index (χ4v) is 3.26. The second kappa shape index (κ2) is 10.3. The van der Waals surface area contributed by atoms with Crippen LogP contribution in [-0.4, -0.2) is 45.5 Å². The molecule has 0 fully saturated rings. The topological polar surface area (TPSA) is 75.7 Å². The number of hydrogen-bond acceptors (Lipinski definition) is 4. The molecular formula is C17H28N2O4S. The minimum absolute atomic E-state index is 0.0275. The van der Waals surface area contributed by atoms with E-state index in [9.17, 15) is 13.2 Å². The zero-order chi connectivity index (χ0) is 18.0. The zero-order valence-corrected chi connectivity index (χ0v) is 15.6. The molecule has 0 aromatic heterocycles. The molecule has 1 aromatic rings. The summed E-state index contributed by atoms with van der Waals surface area (Å²) < 4.78 is 32.2. The lowest BCUT2D eigenvalue weighted by molar-refractivity contribution is -0.130. The molecule has 0 aliphatic rings. The summed E-state index contributed by atoms with van der Waals surface area (Å²) in [6.07, 6.45) is 2.14. The van der Waals surface area contributed by atoms with E-state index in [2.05, 4.69) is 11.6 Å². The lowest BCUT2D eigenvalue weighted by atomic mass is 10.3. The molecule has 0 spiro atoms. The third-order valence-corrected chi connectivity index (χ3v) is 5.07. The number of benzene rings is 1. The van der Waals surface area contributed by atoms with Gasteiger partial charge in [-0.25, -0.2) is 13.1 Å². The summed E-state index contributed by atoms with van der Waals surface area (Å²) in [7, 11) is -3.61. The van der Waals surface area contributed by atoms with Crippen molar-refractivity contribution < 1.29 is 17.9 Å². The van der Waals surface area contributed by atoms with E-state index in [1.807, 2.05) is 13.8 Å². The second-order valence-corrected chi connectivity index (χ2v) is 7.15. The third kappa shape index (κ3) is 6.49. The molecule has 0 heterocycles. The van der Waals surface area contributed by atoms with Crippen LogP contribution in [0, 0.1) is 0 Å². The van der Waals surface area contributed by atoms with Crippen molar-refractivity contribution in [1.29, 1.82) is 0 Å². The Kier molecular flexibility index (Phi) is 8.78. The highest BCUT2D eigenvalue weighted by atomic mass is 32.2. The van der Waals surface area contributed by atoms with Gasteiger partial charge in [0.15, 0.2) is 0 Å². The monoisotopic (exact) mass is 356 g/mol. The van der Waals surface area contributed by atoms with Gasteiger partial charge in [-0.2, -0.15) is 0 Å². The predicted molar refractivity (Wildman–Crippen MR) is 94.6 cm³/mol. The lowest BCUT2D eigenvalue weighted by Gasteiger charge is -2.20. The third-order valence-electron chi connectivity index (χ3n) is 3.59. The van der Waals surface area contributed by atoms with Crippen molar-refractivity contribution in [3.05, 3.63) is 24.3 Å². The first-order valence-electron chi connectivity index (χ1n) is 8.44. The Hall–Kier alpha value is -1.60. The summed E-state index contributed by atoms with van der Waals surface area (Å²) in [6, 6.07) is 6.23. The van der Waals surface area contributed by atoms with Crippen LogP contribution in [-0.2, 0) is 14.8 Å². The van der Waals surface area contributed by atoms with E-state index >= 15 is 0 Å². The lowest BCUT2D eigenvalue weighted by Crippen LogP contribution is -2.35. The van der Waals surface area contributed by atoms with E-state index < -0.39 is 10.0 Å². The van der Waals surface area contributed by atoms with Gasteiger partial charge in [-0.05, 0) is 44.5 Å². The number of ether oxygens (including phenoxy) is 1. The summed E-state index contributed by atoms with van der Waals surface area (Å²) in [6.45, 7) is 7.85. The van der Waals surface area contributed by atoms with Crippen molar-refractivity contribution in [2.45, 2.75) is 44.9 Å². The highest BCUT2D eigenvalue weighted by Gasteiger charge is 2.16. The molecule has 6 nitrogen and oxygen atoms in total. The normalized spacial score (nSPS) is 11.3. The number of rotatable bonds is 11. The Balaban J connectivity index is 2.54. The van der Waals surface area contributed by atoms with Crippen LogP contribution in [0.4, 0.5) is 0 Å². The van der Waals surface area contributed by atoms with E-state index in [0.717, 1.165) is 19.4 Å². The first-order valence-corrected chi connectivity index (χ1v) is 9.93. The molecule has 1 amide bonds. The van der Waals surface area contributed by atoms with Crippen LogP contribution in [0.25, 0.3) is 0 Å². The van der Waals surface area contributed by atoms with Crippen molar-refractivity contribution in [1.82, 2.24) is 9.62 Å². The van der Waals surface area contributed by atoms with Gasteiger partial charge in [-0.1, -0.05) is 13.3 Å². The van der Waals surface area contributed by atoms with Gasteiger partial charge < -0.3 is 9.64 Å². The molecular weight excluding hydrogens is 328 g/mol. The number of amides is 1. The van der Waals surface area contributed by atoms with Crippen LogP contribution in [0.3, 0.4) is 0 Å². The fraction of sp³-hybridized carbons (Fsp3) is 0.588. The van der Waals surface area contributed by atoms with Crippen molar-refractivity contribution in [3.8, 4) is 5.75 Å². The van der Waals surface area contributed by atoms with E-state index in [4.69, 9.17) is 4.74 Å². The van der Waals surface area contributed by atoms with Gasteiger partial charge in [0.05, 0.1) is 11.5 Å². The SMILES string of the molecule is CCCCN(CC)C(=O)CCNS(=O)(=O)c1ccc(OCC)cc1. The van der Waals surface area contributed by atoms with E-state index in [-0.39, 0.29) is 23.8 Å². The fourth-order valence-electron chi connectivity index (χ4n) is 2.22. The number of nitrogens with zero attached hydrogens (tertiary/aromatic N) is 1. The molecule has 0 radical (unpaired) electrons. The minimum atomic E-state index is -3.61. The first kappa shape index (κ1) is 20.4. The summed E-state index contributed by atoms with van der Waals surface area (Å²) in [5.74, 6) is 0.599. The Morgan fingerprint density at radius 1 is 1.17 bits per heavy atom. The van der Waals surface area contributed by atoms with Crippen LogP contribution in [0.5, 0.6) is 5.75 Å². The van der Waals surface area contributed by atoms with Crippen molar-refractivity contribution in [2.75, 3.05) is 26.2 Å². The highest BCUT2D eigenvalue weighted by Crippen LogP contribution is 2.15. The molecule has 0 saturated heterocycles. The molecule has 1 rings (SSSR count). The summed E-state index contributed by atoms with van der Waals surface area (Å²) in [5.41, 5.74) is 0. The maximum Gasteiger partial charge on any atom is 0.240 e. The average Bonchev–Trinajstić information content (AvgIpc) is 2.56. The Morgan fingerprint density at radius 3 is 2.38 bits per heavy atom. The van der Waals surface area contributed by atoms with E-state index in [1.165, 1.54) is 12.1 Å². The Bertz CT molecular complexity index is 600. The number of carbonyl (C=O) groups is 1. The predicted octanol–water partition coefficient (Wildman–Crippen LogP) is 2.40. The van der Waals surface area contributed by atoms with Crippen LogP contribution in [0.2, 0.25) is 0 Å². The van der Waals surface area contributed by atoms with E-state index in [0.29, 0.717) is 18.9 Å². The molecule has 7 heteroatoms. The molecule has 0 saturated carbocycles. The zero-order valence-electron chi connectivity index (χ0n) is 14.7. The quantitative estimate of drug-likeness (QED) is 0.661. The number of carbonyl (C=O) groups excluding carboxylic acids is 1.